The van der Waals surface area contributed by atoms with Crippen LogP contribution in [0.2, 0.25) is 0 Å². The Morgan fingerprint density at radius 3 is 2.94 bits per heavy atom. The van der Waals surface area contributed by atoms with Gasteiger partial charge in [0.15, 0.2) is 0 Å². The van der Waals surface area contributed by atoms with Crippen LogP contribution in [0.5, 0.6) is 0 Å². The lowest BCUT2D eigenvalue weighted by molar-refractivity contribution is -0.140. The van der Waals surface area contributed by atoms with Crippen LogP contribution in [0.25, 0.3) is 0 Å². The van der Waals surface area contributed by atoms with Gasteiger partial charge in [-0.2, -0.15) is 0 Å². The fraction of sp³-hybridized carbons (Fsp3) is 0.385. The molecule has 1 heterocycles. The van der Waals surface area contributed by atoms with E-state index in [1.54, 1.807) is 6.20 Å². The maximum absolute atomic E-state index is 11.5. The third-order valence-corrected chi connectivity index (χ3v) is 2.20. The summed E-state index contributed by atoms with van der Waals surface area (Å²) in [4.78, 5) is 15.5. The van der Waals surface area contributed by atoms with Gasteiger partial charge in [0.05, 0.1) is 5.69 Å². The van der Waals surface area contributed by atoms with Crippen LogP contribution in [0.3, 0.4) is 0 Å². The number of hydrogen-bond donors (Lipinski definition) is 0. The zero-order valence-electron chi connectivity index (χ0n) is 9.61. The molecule has 86 valence electrons. The fourth-order valence-electron chi connectivity index (χ4n) is 1.22. The number of ether oxygens (including phenoxy) is 1. The van der Waals surface area contributed by atoms with Crippen LogP contribution in [0.1, 0.15) is 31.9 Å². The summed E-state index contributed by atoms with van der Waals surface area (Å²) < 4.78 is 5.09. The van der Waals surface area contributed by atoms with Gasteiger partial charge in [-0.05, 0) is 25.0 Å². The van der Waals surface area contributed by atoms with Crippen molar-refractivity contribution in [1.29, 1.82) is 0 Å². The van der Waals surface area contributed by atoms with Crippen molar-refractivity contribution >= 4 is 5.97 Å². The van der Waals surface area contributed by atoms with Gasteiger partial charge in [-0.1, -0.05) is 26.0 Å². The van der Waals surface area contributed by atoms with Gasteiger partial charge >= 0.3 is 5.97 Å². The van der Waals surface area contributed by atoms with E-state index >= 15 is 0 Å². The van der Waals surface area contributed by atoms with E-state index in [1.165, 1.54) is 0 Å². The highest BCUT2D eigenvalue weighted by molar-refractivity contribution is 5.87. The predicted molar refractivity (Wildman–Crippen MR) is 62.7 cm³/mol. The molecule has 1 aromatic heterocycles. The summed E-state index contributed by atoms with van der Waals surface area (Å²) >= 11 is 0. The summed E-state index contributed by atoms with van der Waals surface area (Å²) in [5.74, 6) is -0.320. The molecule has 0 amide bonds. The quantitative estimate of drug-likeness (QED) is 0.545. The van der Waals surface area contributed by atoms with Gasteiger partial charge in [0.25, 0.3) is 0 Å². The van der Waals surface area contributed by atoms with Crippen molar-refractivity contribution in [3.63, 3.8) is 0 Å². The molecule has 0 aromatic carbocycles. The monoisotopic (exact) mass is 219 g/mol. The number of hydrogen-bond acceptors (Lipinski definition) is 3. The first-order chi connectivity index (χ1) is 7.74. The lowest BCUT2D eigenvalue weighted by atomic mass is 10.1. The number of pyridine rings is 1. The minimum Gasteiger partial charge on any atom is -0.456 e. The van der Waals surface area contributed by atoms with E-state index < -0.39 is 0 Å². The second kappa shape index (κ2) is 6.77. The Kier molecular flexibility index (Phi) is 5.26. The molecule has 0 bridgehead atoms. The van der Waals surface area contributed by atoms with Crippen molar-refractivity contribution in [2.75, 3.05) is 0 Å². The van der Waals surface area contributed by atoms with E-state index in [9.17, 15) is 4.79 Å². The van der Waals surface area contributed by atoms with Crippen LogP contribution in [0.15, 0.2) is 36.5 Å². The van der Waals surface area contributed by atoms with E-state index in [4.69, 9.17) is 4.74 Å². The molecule has 0 radical (unpaired) electrons. The molecule has 1 rings (SSSR count). The first kappa shape index (κ1) is 12.4. The van der Waals surface area contributed by atoms with Crippen molar-refractivity contribution in [2.45, 2.75) is 32.8 Å². The highest BCUT2D eigenvalue weighted by Crippen LogP contribution is 2.08. The van der Waals surface area contributed by atoms with E-state index in [0.717, 1.165) is 18.5 Å². The van der Waals surface area contributed by atoms with Crippen molar-refractivity contribution in [2.24, 2.45) is 0 Å². The van der Waals surface area contributed by atoms with Crippen LogP contribution in [0.4, 0.5) is 0 Å². The SMILES string of the molecule is C=C(CCCC)C(=O)OCc1ccccn1. The van der Waals surface area contributed by atoms with E-state index in [0.29, 0.717) is 12.0 Å². The summed E-state index contributed by atoms with van der Waals surface area (Å²) in [5, 5.41) is 0. The predicted octanol–water partition coefficient (Wildman–Crippen LogP) is 2.87. The normalized spacial score (nSPS) is 9.81. The molecule has 3 nitrogen and oxygen atoms in total. The summed E-state index contributed by atoms with van der Waals surface area (Å²) in [6, 6.07) is 5.51. The number of carbonyl (C=O) groups excluding carboxylic acids is 1. The highest BCUT2D eigenvalue weighted by atomic mass is 16.5. The van der Waals surface area contributed by atoms with Gasteiger partial charge in [0, 0.05) is 11.8 Å². The Bertz CT molecular complexity index is 346. The molecule has 1 aromatic rings. The Labute approximate surface area is 96.2 Å². The van der Waals surface area contributed by atoms with Crippen molar-refractivity contribution in [3.8, 4) is 0 Å². The molecule has 0 saturated heterocycles. The minimum atomic E-state index is -0.320. The molecule has 0 fully saturated rings. The summed E-state index contributed by atoms with van der Waals surface area (Å²) in [7, 11) is 0. The Hall–Kier alpha value is -1.64. The van der Waals surface area contributed by atoms with E-state index in [-0.39, 0.29) is 12.6 Å². The second-order valence-electron chi connectivity index (χ2n) is 3.60. The van der Waals surface area contributed by atoms with Gasteiger partial charge in [-0.3, -0.25) is 4.98 Å². The van der Waals surface area contributed by atoms with Crippen LogP contribution in [-0.4, -0.2) is 11.0 Å². The fourth-order valence-corrected chi connectivity index (χ4v) is 1.22. The number of rotatable bonds is 6. The standard InChI is InChI=1S/C13H17NO2/c1-3-4-7-11(2)13(15)16-10-12-8-5-6-9-14-12/h5-6,8-9H,2-4,7,10H2,1H3. The topological polar surface area (TPSA) is 39.2 Å². The lowest BCUT2D eigenvalue weighted by Crippen LogP contribution is -2.07. The third kappa shape index (κ3) is 4.26. The Morgan fingerprint density at radius 2 is 2.31 bits per heavy atom. The molecule has 0 aliphatic rings. The zero-order chi connectivity index (χ0) is 11.8. The van der Waals surface area contributed by atoms with Gasteiger partial charge < -0.3 is 4.74 Å². The highest BCUT2D eigenvalue weighted by Gasteiger charge is 2.08. The molecular formula is C13H17NO2. The largest absolute Gasteiger partial charge is 0.456 e. The van der Waals surface area contributed by atoms with Gasteiger partial charge in [0.2, 0.25) is 0 Å². The lowest BCUT2D eigenvalue weighted by Gasteiger charge is -2.05. The first-order valence-electron chi connectivity index (χ1n) is 5.49. The summed E-state index contributed by atoms with van der Waals surface area (Å²) in [6.45, 7) is 6.00. The zero-order valence-corrected chi connectivity index (χ0v) is 9.61. The summed E-state index contributed by atoms with van der Waals surface area (Å²) in [5.41, 5.74) is 1.29. The van der Waals surface area contributed by atoms with Crippen LogP contribution in [0, 0.1) is 0 Å². The molecule has 3 heteroatoms. The molecule has 16 heavy (non-hydrogen) atoms. The van der Waals surface area contributed by atoms with E-state index in [2.05, 4.69) is 18.5 Å². The van der Waals surface area contributed by atoms with E-state index in [1.807, 2.05) is 18.2 Å². The van der Waals surface area contributed by atoms with Gasteiger partial charge in [-0.15, -0.1) is 0 Å². The Morgan fingerprint density at radius 1 is 1.50 bits per heavy atom. The molecule has 0 N–H and O–H groups in total. The minimum absolute atomic E-state index is 0.213. The smallest absolute Gasteiger partial charge is 0.333 e. The number of nitrogens with zero attached hydrogens (tertiary/aromatic N) is 1. The number of carbonyl (C=O) groups is 1. The van der Waals surface area contributed by atoms with Crippen molar-refractivity contribution in [3.05, 3.63) is 42.2 Å². The average Bonchev–Trinajstić information content (AvgIpc) is 2.34. The molecular weight excluding hydrogens is 202 g/mol. The molecule has 0 aliphatic carbocycles. The van der Waals surface area contributed by atoms with Crippen molar-refractivity contribution in [1.82, 2.24) is 4.98 Å². The maximum atomic E-state index is 11.5. The molecule has 0 spiro atoms. The average molecular weight is 219 g/mol. The van der Waals surface area contributed by atoms with Gasteiger partial charge in [0.1, 0.15) is 6.61 Å². The second-order valence-corrected chi connectivity index (χ2v) is 3.60. The molecule has 0 aliphatic heterocycles. The first-order valence-corrected chi connectivity index (χ1v) is 5.49. The third-order valence-electron chi connectivity index (χ3n) is 2.20. The maximum Gasteiger partial charge on any atom is 0.333 e. The molecule has 0 atom stereocenters. The van der Waals surface area contributed by atoms with Gasteiger partial charge in [-0.25, -0.2) is 4.79 Å². The van der Waals surface area contributed by atoms with Crippen LogP contribution < -0.4 is 0 Å². The molecule has 0 saturated carbocycles. The van der Waals surface area contributed by atoms with Crippen LogP contribution >= 0.6 is 0 Å². The molecule has 0 unspecified atom stereocenters. The van der Waals surface area contributed by atoms with Crippen molar-refractivity contribution < 1.29 is 9.53 Å². The number of esters is 1. The summed E-state index contributed by atoms with van der Waals surface area (Å²) in [6.07, 6.45) is 4.40. The number of aromatic nitrogens is 1. The number of unbranched alkanes of at least 4 members (excludes halogenated alkanes) is 1. The van der Waals surface area contributed by atoms with Crippen LogP contribution in [-0.2, 0) is 16.1 Å². The Balaban J connectivity index is 2.32.